The molecule has 0 bridgehead atoms. The predicted molar refractivity (Wildman–Crippen MR) is 137 cm³/mol. The fraction of sp³-hybridized carbons (Fsp3) is 0.720. The fourth-order valence-electron chi connectivity index (χ4n) is 6.29. The third kappa shape index (κ3) is 5.02. The Bertz CT molecular complexity index is 1070. The number of carbonyl (C=O) groups excluding carboxylic acids is 1. The van der Waals surface area contributed by atoms with E-state index in [4.69, 9.17) is 16.3 Å². The number of halogens is 1. The summed E-state index contributed by atoms with van der Waals surface area (Å²) in [5.74, 6) is 0. The Morgan fingerprint density at radius 2 is 1.74 bits per heavy atom. The van der Waals surface area contributed by atoms with Gasteiger partial charge >= 0.3 is 6.09 Å². The summed E-state index contributed by atoms with van der Waals surface area (Å²) in [6, 6.07) is 6.35. The largest absolute Gasteiger partial charge is 0.447 e. The number of nitrogens with zero attached hydrogens (tertiary/aromatic N) is 4. The van der Waals surface area contributed by atoms with Crippen LogP contribution in [-0.2, 0) is 21.3 Å². The fourth-order valence-corrected chi connectivity index (χ4v) is 7.56. The summed E-state index contributed by atoms with van der Waals surface area (Å²) in [6.45, 7) is 10.2. The van der Waals surface area contributed by atoms with Crippen molar-refractivity contribution >= 4 is 33.4 Å². The van der Waals surface area contributed by atoms with Crippen LogP contribution in [0.1, 0.15) is 45.1 Å². The summed E-state index contributed by atoms with van der Waals surface area (Å²) in [5.41, 5.74) is 2.52. The van der Waals surface area contributed by atoms with Gasteiger partial charge in [0.1, 0.15) is 0 Å². The first-order valence-electron chi connectivity index (χ1n) is 12.7. The summed E-state index contributed by atoms with van der Waals surface area (Å²) in [6.07, 6.45) is 5.22. The standard InChI is InChI=1S/C25H37ClN4O4S/c1-19(2)34-23(31)28-17-25(18-28)5-4-8-29(25)14-20-11-21(26)13-22(12-20)27-9-6-24(7-10-27)15-30(16-24)35(3,32)33/h11-13,19H,4-10,14-18H2,1-3H3. The number of amides is 1. The number of piperidine rings is 1. The van der Waals surface area contributed by atoms with Gasteiger partial charge in [-0.1, -0.05) is 11.6 Å². The van der Waals surface area contributed by atoms with E-state index in [0.29, 0.717) is 13.1 Å². The Kier molecular flexibility index (Phi) is 6.52. The second-order valence-corrected chi connectivity index (χ2v) is 13.8. The van der Waals surface area contributed by atoms with Crippen molar-refractivity contribution in [2.75, 3.05) is 57.0 Å². The highest BCUT2D eigenvalue weighted by Crippen LogP contribution is 2.43. The molecular formula is C25H37ClN4O4S. The van der Waals surface area contributed by atoms with E-state index in [2.05, 4.69) is 21.9 Å². The first-order valence-corrected chi connectivity index (χ1v) is 14.9. The van der Waals surface area contributed by atoms with Crippen molar-refractivity contribution in [1.29, 1.82) is 0 Å². The number of sulfonamides is 1. The molecule has 4 heterocycles. The lowest BCUT2D eigenvalue weighted by Gasteiger charge is -2.53. The molecule has 0 radical (unpaired) electrons. The van der Waals surface area contributed by atoms with Crippen molar-refractivity contribution < 1.29 is 17.9 Å². The van der Waals surface area contributed by atoms with Crippen LogP contribution in [0, 0.1) is 5.41 Å². The van der Waals surface area contributed by atoms with E-state index in [9.17, 15) is 13.2 Å². The first kappa shape index (κ1) is 25.1. The Labute approximate surface area is 214 Å². The zero-order valence-electron chi connectivity index (χ0n) is 21.0. The van der Waals surface area contributed by atoms with E-state index in [-0.39, 0.29) is 23.2 Å². The monoisotopic (exact) mass is 524 g/mol. The second-order valence-electron chi connectivity index (χ2n) is 11.4. The Morgan fingerprint density at radius 3 is 2.37 bits per heavy atom. The van der Waals surface area contributed by atoms with E-state index in [1.807, 2.05) is 24.8 Å². The SMILES string of the molecule is CC(C)OC(=O)N1CC2(CCCN2Cc2cc(Cl)cc(N3CCC4(CC3)CN(S(C)(=O)=O)C4)c2)C1. The molecule has 10 heteroatoms. The third-order valence-electron chi connectivity index (χ3n) is 8.30. The minimum atomic E-state index is -3.08. The molecule has 0 saturated carbocycles. The summed E-state index contributed by atoms with van der Waals surface area (Å²) < 4.78 is 30.5. The first-order chi connectivity index (χ1) is 16.5. The molecule has 2 spiro atoms. The quantitative estimate of drug-likeness (QED) is 0.588. The van der Waals surface area contributed by atoms with Crippen LogP contribution >= 0.6 is 11.6 Å². The van der Waals surface area contributed by atoms with Crippen molar-refractivity contribution in [2.45, 2.75) is 57.7 Å². The normalized spacial score (nSPS) is 24.1. The Balaban J connectivity index is 1.20. The number of anilines is 1. The minimum Gasteiger partial charge on any atom is -0.447 e. The highest BCUT2D eigenvalue weighted by Gasteiger charge is 2.52. The predicted octanol–water partition coefficient (Wildman–Crippen LogP) is 3.40. The lowest BCUT2D eigenvalue weighted by molar-refractivity contribution is -0.0362. The molecule has 4 aliphatic heterocycles. The van der Waals surface area contributed by atoms with Crippen molar-refractivity contribution in [3.05, 3.63) is 28.8 Å². The summed E-state index contributed by atoms with van der Waals surface area (Å²) >= 11 is 6.56. The van der Waals surface area contributed by atoms with E-state index in [0.717, 1.165) is 75.7 Å². The molecule has 0 aliphatic carbocycles. The third-order valence-corrected chi connectivity index (χ3v) is 9.72. The number of benzene rings is 1. The van der Waals surface area contributed by atoms with Crippen molar-refractivity contribution in [2.24, 2.45) is 5.41 Å². The second kappa shape index (κ2) is 9.08. The van der Waals surface area contributed by atoms with E-state index in [1.54, 1.807) is 4.31 Å². The lowest BCUT2D eigenvalue weighted by atomic mass is 9.73. The van der Waals surface area contributed by atoms with Crippen molar-refractivity contribution in [1.82, 2.24) is 14.1 Å². The Morgan fingerprint density at radius 1 is 1.06 bits per heavy atom. The lowest BCUT2D eigenvalue weighted by Crippen LogP contribution is -2.68. The van der Waals surface area contributed by atoms with E-state index in [1.165, 1.54) is 11.8 Å². The molecule has 194 valence electrons. The molecule has 0 atom stereocenters. The van der Waals surface area contributed by atoms with Gasteiger partial charge in [-0.2, -0.15) is 0 Å². The van der Waals surface area contributed by atoms with Gasteiger partial charge in [0.15, 0.2) is 0 Å². The number of carbonyl (C=O) groups is 1. The van der Waals surface area contributed by atoms with Crippen LogP contribution in [0.5, 0.6) is 0 Å². The molecule has 1 aromatic carbocycles. The van der Waals surface area contributed by atoms with Gasteiger partial charge in [-0.3, -0.25) is 4.90 Å². The molecule has 0 unspecified atom stereocenters. The summed E-state index contributed by atoms with van der Waals surface area (Å²) in [7, 11) is -3.08. The van der Waals surface area contributed by atoms with Crippen LogP contribution in [0.15, 0.2) is 18.2 Å². The maximum absolute atomic E-state index is 12.3. The minimum absolute atomic E-state index is 0.0473. The zero-order chi connectivity index (χ0) is 25.0. The molecular weight excluding hydrogens is 488 g/mol. The smallest absolute Gasteiger partial charge is 0.410 e. The molecule has 4 saturated heterocycles. The van der Waals surface area contributed by atoms with E-state index < -0.39 is 10.0 Å². The van der Waals surface area contributed by atoms with E-state index >= 15 is 0 Å². The van der Waals surface area contributed by atoms with Gasteiger partial charge in [0.25, 0.3) is 0 Å². The number of hydrogen-bond acceptors (Lipinski definition) is 6. The molecule has 0 N–H and O–H groups in total. The number of hydrogen-bond donors (Lipinski definition) is 0. The van der Waals surface area contributed by atoms with Gasteiger partial charge in [-0.15, -0.1) is 0 Å². The topological polar surface area (TPSA) is 73.4 Å². The molecule has 1 amide bonds. The van der Waals surface area contributed by atoms with Gasteiger partial charge in [0.05, 0.1) is 17.9 Å². The van der Waals surface area contributed by atoms with Crippen LogP contribution in [0.25, 0.3) is 0 Å². The highest BCUT2D eigenvalue weighted by molar-refractivity contribution is 7.88. The van der Waals surface area contributed by atoms with Gasteiger partial charge in [0, 0.05) is 61.9 Å². The van der Waals surface area contributed by atoms with Crippen LogP contribution < -0.4 is 4.90 Å². The average molecular weight is 525 g/mol. The molecule has 1 aromatic rings. The van der Waals surface area contributed by atoms with Crippen LogP contribution in [0.3, 0.4) is 0 Å². The highest BCUT2D eigenvalue weighted by atomic mass is 35.5. The average Bonchev–Trinajstić information content (AvgIpc) is 3.13. The summed E-state index contributed by atoms with van der Waals surface area (Å²) in [4.78, 5) is 19.0. The molecule has 0 aromatic heterocycles. The molecule has 35 heavy (non-hydrogen) atoms. The van der Waals surface area contributed by atoms with Crippen molar-refractivity contribution in [3.8, 4) is 0 Å². The molecule has 4 fully saturated rings. The zero-order valence-corrected chi connectivity index (χ0v) is 22.6. The van der Waals surface area contributed by atoms with Crippen LogP contribution in [0.2, 0.25) is 5.02 Å². The van der Waals surface area contributed by atoms with Gasteiger partial charge < -0.3 is 14.5 Å². The van der Waals surface area contributed by atoms with Crippen LogP contribution in [0.4, 0.5) is 10.5 Å². The maximum atomic E-state index is 12.3. The maximum Gasteiger partial charge on any atom is 0.410 e. The molecule has 8 nitrogen and oxygen atoms in total. The Hall–Kier alpha value is -1.55. The molecule has 5 rings (SSSR count). The number of ether oxygens (including phenoxy) is 1. The summed E-state index contributed by atoms with van der Waals surface area (Å²) in [5, 5.41) is 0.744. The van der Waals surface area contributed by atoms with Gasteiger partial charge in [-0.25, -0.2) is 17.5 Å². The van der Waals surface area contributed by atoms with Crippen LogP contribution in [-0.4, -0.2) is 92.3 Å². The van der Waals surface area contributed by atoms with Gasteiger partial charge in [-0.05, 0) is 69.8 Å². The van der Waals surface area contributed by atoms with Crippen molar-refractivity contribution in [3.63, 3.8) is 0 Å². The molecule has 4 aliphatic rings. The number of rotatable bonds is 5. The van der Waals surface area contributed by atoms with Gasteiger partial charge in [0.2, 0.25) is 10.0 Å². The number of likely N-dealkylation sites (tertiary alicyclic amines) is 2.